The Bertz CT molecular complexity index is 1110. The summed E-state index contributed by atoms with van der Waals surface area (Å²) in [5.41, 5.74) is -1.12. The second kappa shape index (κ2) is 7.88. The van der Waals surface area contributed by atoms with Crippen molar-refractivity contribution >= 4 is 17.4 Å². The molecule has 29 heavy (non-hydrogen) atoms. The van der Waals surface area contributed by atoms with Gasteiger partial charge in [0.1, 0.15) is 11.1 Å². The first kappa shape index (κ1) is 20.3. The van der Waals surface area contributed by atoms with E-state index in [9.17, 15) is 23.3 Å². The second-order valence-electron chi connectivity index (χ2n) is 5.71. The number of nitro groups is 1. The summed E-state index contributed by atoms with van der Waals surface area (Å²) in [6.45, 7) is 1.40. The summed E-state index contributed by atoms with van der Waals surface area (Å²) in [7, 11) is 0. The summed E-state index contributed by atoms with van der Waals surface area (Å²) in [5.74, 6) is 0.260. The highest BCUT2D eigenvalue weighted by Crippen LogP contribution is 2.36. The van der Waals surface area contributed by atoms with Gasteiger partial charge in [0.25, 0.3) is 5.69 Å². The molecule has 0 N–H and O–H groups in total. The highest BCUT2D eigenvalue weighted by Gasteiger charge is 2.35. The smallest absolute Gasteiger partial charge is 0.338 e. The highest BCUT2D eigenvalue weighted by molar-refractivity contribution is 7.98. The summed E-state index contributed by atoms with van der Waals surface area (Å²) >= 11 is 0.865. The number of benzene rings is 1. The van der Waals surface area contributed by atoms with Gasteiger partial charge >= 0.3 is 6.18 Å². The molecule has 0 saturated carbocycles. The zero-order chi connectivity index (χ0) is 21.2. The largest absolute Gasteiger partial charge is 0.417 e. The fraction of sp³-hybridized carbons (Fsp3) is 0.176. The molecule has 0 spiro atoms. The number of hydrogen-bond acceptors (Lipinski definition) is 8. The van der Waals surface area contributed by atoms with Crippen molar-refractivity contribution in [2.75, 3.05) is 0 Å². The van der Waals surface area contributed by atoms with Crippen molar-refractivity contribution < 1.29 is 22.6 Å². The van der Waals surface area contributed by atoms with Crippen LogP contribution in [0.2, 0.25) is 0 Å². The van der Waals surface area contributed by atoms with E-state index in [0.717, 1.165) is 17.8 Å². The summed E-state index contributed by atoms with van der Waals surface area (Å²) in [6, 6.07) is 7.85. The summed E-state index contributed by atoms with van der Waals surface area (Å²) < 4.78 is 44.5. The number of alkyl halides is 3. The van der Waals surface area contributed by atoms with Crippen molar-refractivity contribution in [3.05, 3.63) is 63.2 Å². The summed E-state index contributed by atoms with van der Waals surface area (Å²) in [5, 5.41) is 23.5. The van der Waals surface area contributed by atoms with Gasteiger partial charge in [0.05, 0.1) is 21.8 Å². The molecule has 3 rings (SSSR count). The minimum Gasteiger partial charge on any atom is -0.338 e. The Morgan fingerprint density at radius 3 is 2.55 bits per heavy atom. The molecule has 148 valence electrons. The molecule has 1 aromatic carbocycles. The molecule has 0 atom stereocenters. The van der Waals surface area contributed by atoms with Crippen molar-refractivity contribution in [3.63, 3.8) is 0 Å². The molecule has 0 aliphatic rings. The van der Waals surface area contributed by atoms with Crippen molar-refractivity contribution in [1.82, 2.24) is 15.1 Å². The number of aromatic nitrogens is 3. The molecular formula is C17H10F3N5O3S. The van der Waals surface area contributed by atoms with Crippen LogP contribution in [0, 0.1) is 28.4 Å². The number of hydrogen-bond donors (Lipinski definition) is 0. The predicted octanol–water partition coefficient (Wildman–Crippen LogP) is 4.53. The van der Waals surface area contributed by atoms with Crippen molar-refractivity contribution in [3.8, 4) is 17.5 Å². The number of pyridine rings is 1. The van der Waals surface area contributed by atoms with Gasteiger partial charge in [0, 0.05) is 23.4 Å². The fourth-order valence-electron chi connectivity index (χ4n) is 2.37. The zero-order valence-corrected chi connectivity index (χ0v) is 15.4. The SMILES string of the molecule is Cc1cc(C(F)(F)F)c(C#N)c(SCc2nc(-c3ccc([N+](=O)[O-])cc3)no2)n1. The highest BCUT2D eigenvalue weighted by atomic mass is 32.2. The lowest BCUT2D eigenvalue weighted by molar-refractivity contribution is -0.384. The van der Waals surface area contributed by atoms with Gasteiger partial charge in [-0.25, -0.2) is 4.98 Å². The van der Waals surface area contributed by atoms with E-state index in [1.807, 2.05) is 0 Å². The van der Waals surface area contributed by atoms with Crippen molar-refractivity contribution in [2.45, 2.75) is 23.9 Å². The Hall–Kier alpha value is -3.46. The quantitative estimate of drug-likeness (QED) is 0.335. The first-order valence-corrected chi connectivity index (χ1v) is 8.86. The third-order valence-corrected chi connectivity index (χ3v) is 4.63. The van der Waals surface area contributed by atoms with Crippen LogP contribution in [-0.2, 0) is 11.9 Å². The number of aryl methyl sites for hydroxylation is 1. The number of nitrogens with zero attached hydrogens (tertiary/aromatic N) is 5. The fourth-order valence-corrected chi connectivity index (χ4v) is 3.26. The van der Waals surface area contributed by atoms with E-state index in [0.29, 0.717) is 5.56 Å². The van der Waals surface area contributed by atoms with Crippen LogP contribution in [-0.4, -0.2) is 20.0 Å². The molecule has 0 amide bonds. The predicted molar refractivity (Wildman–Crippen MR) is 94.6 cm³/mol. The Labute approximate surface area is 165 Å². The van der Waals surface area contributed by atoms with Gasteiger partial charge in [-0.05, 0) is 25.1 Å². The first-order valence-electron chi connectivity index (χ1n) is 7.88. The lowest BCUT2D eigenvalue weighted by Crippen LogP contribution is -2.10. The molecule has 0 aliphatic carbocycles. The minimum atomic E-state index is -4.68. The molecule has 0 aliphatic heterocycles. The van der Waals surface area contributed by atoms with E-state index < -0.39 is 22.2 Å². The van der Waals surface area contributed by atoms with Crippen LogP contribution in [0.5, 0.6) is 0 Å². The molecule has 0 bridgehead atoms. The lowest BCUT2D eigenvalue weighted by Gasteiger charge is -2.12. The number of halogens is 3. The Balaban J connectivity index is 1.80. The molecule has 3 aromatic rings. The van der Waals surface area contributed by atoms with E-state index in [-0.39, 0.29) is 33.9 Å². The van der Waals surface area contributed by atoms with Gasteiger partial charge in [-0.1, -0.05) is 16.9 Å². The number of non-ortho nitro benzene ring substituents is 1. The summed E-state index contributed by atoms with van der Waals surface area (Å²) in [6.07, 6.45) is -4.68. The average Bonchev–Trinajstić information content (AvgIpc) is 3.14. The van der Waals surface area contributed by atoms with Crippen LogP contribution in [0.1, 0.15) is 22.7 Å². The Kier molecular flexibility index (Phi) is 5.51. The van der Waals surface area contributed by atoms with Gasteiger partial charge in [0.15, 0.2) is 0 Å². The third kappa shape index (κ3) is 4.52. The van der Waals surface area contributed by atoms with Crippen LogP contribution >= 0.6 is 11.8 Å². The molecule has 0 fully saturated rings. The number of thioether (sulfide) groups is 1. The normalized spacial score (nSPS) is 11.3. The van der Waals surface area contributed by atoms with E-state index in [2.05, 4.69) is 15.1 Å². The van der Waals surface area contributed by atoms with Gasteiger partial charge in [-0.15, -0.1) is 0 Å². The Morgan fingerprint density at radius 1 is 1.28 bits per heavy atom. The molecule has 8 nitrogen and oxygen atoms in total. The van der Waals surface area contributed by atoms with Crippen LogP contribution in [0.4, 0.5) is 18.9 Å². The van der Waals surface area contributed by atoms with Crippen LogP contribution in [0.15, 0.2) is 39.9 Å². The maximum atomic E-state index is 13.2. The zero-order valence-electron chi connectivity index (χ0n) is 14.6. The van der Waals surface area contributed by atoms with E-state index in [4.69, 9.17) is 9.78 Å². The van der Waals surface area contributed by atoms with Crippen molar-refractivity contribution in [2.24, 2.45) is 0 Å². The molecule has 0 unspecified atom stereocenters. The number of nitriles is 1. The minimum absolute atomic E-state index is 0.0115. The van der Waals surface area contributed by atoms with E-state index in [1.165, 1.54) is 31.2 Å². The third-order valence-electron chi connectivity index (χ3n) is 3.67. The Morgan fingerprint density at radius 2 is 1.97 bits per heavy atom. The lowest BCUT2D eigenvalue weighted by atomic mass is 10.1. The maximum absolute atomic E-state index is 13.2. The average molecular weight is 421 g/mol. The first-order chi connectivity index (χ1) is 13.7. The monoisotopic (exact) mass is 421 g/mol. The van der Waals surface area contributed by atoms with Crippen LogP contribution in [0.3, 0.4) is 0 Å². The summed E-state index contributed by atoms with van der Waals surface area (Å²) in [4.78, 5) is 18.3. The standard InChI is InChI=1S/C17H10F3N5O3S/c1-9-6-13(17(18,19)20)12(7-21)16(22-9)29-8-14-23-15(24-28-14)10-2-4-11(5-3-10)25(26)27/h2-6H,8H2,1H3. The number of nitro benzene ring substituents is 1. The topological polar surface area (TPSA) is 119 Å². The number of rotatable bonds is 5. The molecule has 0 radical (unpaired) electrons. The maximum Gasteiger partial charge on any atom is 0.417 e. The van der Waals surface area contributed by atoms with Gasteiger partial charge in [-0.3, -0.25) is 10.1 Å². The second-order valence-corrected chi connectivity index (χ2v) is 6.67. The van der Waals surface area contributed by atoms with E-state index >= 15 is 0 Å². The van der Waals surface area contributed by atoms with Crippen molar-refractivity contribution in [1.29, 1.82) is 5.26 Å². The molecule has 2 aromatic heterocycles. The van der Waals surface area contributed by atoms with Crippen LogP contribution in [0.25, 0.3) is 11.4 Å². The van der Waals surface area contributed by atoms with Gasteiger partial charge < -0.3 is 4.52 Å². The molecule has 12 heteroatoms. The molecule has 2 heterocycles. The van der Waals surface area contributed by atoms with Gasteiger partial charge in [-0.2, -0.15) is 23.4 Å². The van der Waals surface area contributed by atoms with E-state index in [1.54, 1.807) is 6.07 Å². The van der Waals surface area contributed by atoms with Crippen LogP contribution < -0.4 is 0 Å². The molecular weight excluding hydrogens is 411 g/mol. The molecule has 0 saturated heterocycles. The van der Waals surface area contributed by atoms with Gasteiger partial charge in [0.2, 0.25) is 11.7 Å².